The quantitative estimate of drug-likeness (QED) is 0.447. The van der Waals surface area contributed by atoms with Gasteiger partial charge in [-0.1, -0.05) is 24.3 Å². The second-order valence-electron chi connectivity index (χ2n) is 5.67. The van der Waals surface area contributed by atoms with Crippen LogP contribution in [0.15, 0.2) is 51.7 Å². The number of para-hydroxylation sites is 1. The summed E-state index contributed by atoms with van der Waals surface area (Å²) in [4.78, 5) is 35.2. The molecule has 25 heavy (non-hydrogen) atoms. The standard InChI is InChI=1S/C18H14N2O5/c1-10-7-11(2)16(14(8-10)20(23)24)19-17(21)13-9-12-5-3-4-6-15(12)25-18(13)22/h3-9H,1-2H3,(H,19,21). The number of aryl methyl sites for hydroxylation is 2. The first-order valence-corrected chi connectivity index (χ1v) is 7.46. The van der Waals surface area contributed by atoms with Gasteiger partial charge in [0.25, 0.3) is 11.6 Å². The molecule has 0 saturated carbocycles. The lowest BCUT2D eigenvalue weighted by molar-refractivity contribution is -0.384. The van der Waals surface area contributed by atoms with Crippen LogP contribution in [0.5, 0.6) is 0 Å². The predicted molar refractivity (Wildman–Crippen MR) is 93.0 cm³/mol. The van der Waals surface area contributed by atoms with Gasteiger partial charge in [0, 0.05) is 11.5 Å². The van der Waals surface area contributed by atoms with E-state index in [-0.39, 0.29) is 16.9 Å². The fraction of sp³-hybridized carbons (Fsp3) is 0.111. The van der Waals surface area contributed by atoms with E-state index in [0.29, 0.717) is 22.1 Å². The topological polar surface area (TPSA) is 102 Å². The number of benzene rings is 2. The Morgan fingerprint density at radius 3 is 2.60 bits per heavy atom. The highest BCUT2D eigenvalue weighted by atomic mass is 16.6. The predicted octanol–water partition coefficient (Wildman–Crippen LogP) is 3.57. The maximum atomic E-state index is 12.5. The van der Waals surface area contributed by atoms with Crippen LogP contribution in [0.2, 0.25) is 0 Å². The first-order chi connectivity index (χ1) is 11.9. The van der Waals surface area contributed by atoms with Crippen LogP contribution in [0.25, 0.3) is 11.0 Å². The van der Waals surface area contributed by atoms with E-state index >= 15 is 0 Å². The Morgan fingerprint density at radius 1 is 1.16 bits per heavy atom. The van der Waals surface area contributed by atoms with Crippen LogP contribution in [0.1, 0.15) is 21.5 Å². The molecule has 1 aromatic heterocycles. The molecule has 2 aromatic carbocycles. The van der Waals surface area contributed by atoms with Crippen LogP contribution in [-0.2, 0) is 0 Å². The highest BCUT2D eigenvalue weighted by Gasteiger charge is 2.21. The number of rotatable bonds is 3. The van der Waals surface area contributed by atoms with Crippen molar-refractivity contribution in [2.45, 2.75) is 13.8 Å². The number of nitro benzene ring substituents is 1. The number of nitrogens with one attached hydrogen (secondary N) is 1. The molecule has 7 heteroatoms. The molecule has 0 aliphatic heterocycles. The fourth-order valence-electron chi connectivity index (χ4n) is 2.65. The molecule has 1 N–H and O–H groups in total. The minimum atomic E-state index is -0.802. The van der Waals surface area contributed by atoms with E-state index in [0.717, 1.165) is 0 Å². The van der Waals surface area contributed by atoms with Crippen LogP contribution in [0, 0.1) is 24.0 Å². The lowest BCUT2D eigenvalue weighted by atomic mass is 10.1. The molecular formula is C18H14N2O5. The number of carbonyl (C=O) groups is 1. The lowest BCUT2D eigenvalue weighted by Crippen LogP contribution is -2.21. The van der Waals surface area contributed by atoms with E-state index < -0.39 is 16.5 Å². The SMILES string of the molecule is Cc1cc(C)c(NC(=O)c2cc3ccccc3oc2=O)c([N+](=O)[O-])c1. The Balaban J connectivity index is 2.05. The van der Waals surface area contributed by atoms with E-state index in [1.807, 2.05) is 0 Å². The zero-order chi connectivity index (χ0) is 18.1. The van der Waals surface area contributed by atoms with Gasteiger partial charge >= 0.3 is 5.63 Å². The van der Waals surface area contributed by atoms with Gasteiger partial charge in [0.2, 0.25) is 0 Å². The van der Waals surface area contributed by atoms with Gasteiger partial charge < -0.3 is 9.73 Å². The zero-order valence-electron chi connectivity index (χ0n) is 13.5. The molecule has 3 aromatic rings. The second kappa shape index (κ2) is 6.20. The minimum absolute atomic E-state index is 0.0631. The number of carbonyl (C=O) groups excluding carboxylic acids is 1. The molecule has 1 heterocycles. The Morgan fingerprint density at radius 2 is 1.88 bits per heavy atom. The van der Waals surface area contributed by atoms with Crippen LogP contribution in [0.3, 0.4) is 0 Å². The first kappa shape index (κ1) is 16.4. The number of nitro groups is 1. The monoisotopic (exact) mass is 338 g/mol. The van der Waals surface area contributed by atoms with Crippen LogP contribution >= 0.6 is 0 Å². The van der Waals surface area contributed by atoms with E-state index in [1.54, 1.807) is 44.2 Å². The van der Waals surface area contributed by atoms with E-state index in [1.165, 1.54) is 12.1 Å². The molecule has 0 bridgehead atoms. The second-order valence-corrected chi connectivity index (χ2v) is 5.67. The Bertz CT molecular complexity index is 1070. The molecule has 0 saturated heterocycles. The van der Waals surface area contributed by atoms with Crippen molar-refractivity contribution >= 4 is 28.3 Å². The molecule has 3 rings (SSSR count). The molecule has 0 fully saturated rings. The van der Waals surface area contributed by atoms with Gasteiger partial charge in [-0.05, 0) is 37.1 Å². The van der Waals surface area contributed by atoms with Gasteiger partial charge in [-0.3, -0.25) is 14.9 Å². The number of anilines is 1. The molecule has 0 aliphatic carbocycles. The van der Waals surface area contributed by atoms with Gasteiger partial charge in [0.15, 0.2) is 0 Å². The minimum Gasteiger partial charge on any atom is -0.422 e. The summed E-state index contributed by atoms with van der Waals surface area (Å²) in [5.74, 6) is -0.755. The highest BCUT2D eigenvalue weighted by Crippen LogP contribution is 2.30. The summed E-state index contributed by atoms with van der Waals surface area (Å²) in [5.41, 5.74) is 0.417. The molecule has 0 spiro atoms. The van der Waals surface area contributed by atoms with Crippen LogP contribution < -0.4 is 10.9 Å². The molecule has 0 atom stereocenters. The first-order valence-electron chi connectivity index (χ1n) is 7.46. The zero-order valence-corrected chi connectivity index (χ0v) is 13.5. The van der Waals surface area contributed by atoms with Gasteiger partial charge in [0.05, 0.1) is 4.92 Å². The van der Waals surface area contributed by atoms with Gasteiger partial charge in [-0.15, -0.1) is 0 Å². The van der Waals surface area contributed by atoms with E-state index in [2.05, 4.69) is 5.32 Å². The normalized spacial score (nSPS) is 10.6. The number of nitrogens with zero attached hydrogens (tertiary/aromatic N) is 1. The molecule has 0 unspecified atom stereocenters. The lowest BCUT2D eigenvalue weighted by Gasteiger charge is -2.10. The molecule has 0 aliphatic rings. The molecular weight excluding hydrogens is 324 g/mol. The summed E-state index contributed by atoms with van der Waals surface area (Å²) in [6.45, 7) is 3.38. The number of fused-ring (bicyclic) bond motifs is 1. The van der Waals surface area contributed by atoms with Crippen molar-refractivity contribution in [3.05, 3.63) is 79.7 Å². The molecule has 7 nitrogen and oxygen atoms in total. The largest absolute Gasteiger partial charge is 0.422 e. The van der Waals surface area contributed by atoms with Crippen LogP contribution in [0.4, 0.5) is 11.4 Å². The van der Waals surface area contributed by atoms with Crippen molar-refractivity contribution in [2.24, 2.45) is 0 Å². The van der Waals surface area contributed by atoms with E-state index in [9.17, 15) is 19.7 Å². The van der Waals surface area contributed by atoms with Crippen molar-refractivity contribution in [3.8, 4) is 0 Å². The van der Waals surface area contributed by atoms with Gasteiger partial charge in [-0.25, -0.2) is 4.79 Å². The molecule has 0 radical (unpaired) electrons. The van der Waals surface area contributed by atoms with Crippen molar-refractivity contribution in [3.63, 3.8) is 0 Å². The number of hydrogen-bond acceptors (Lipinski definition) is 5. The maximum Gasteiger partial charge on any atom is 0.349 e. The smallest absolute Gasteiger partial charge is 0.349 e. The van der Waals surface area contributed by atoms with Crippen molar-refractivity contribution in [2.75, 3.05) is 5.32 Å². The third-order valence-corrected chi connectivity index (χ3v) is 3.78. The van der Waals surface area contributed by atoms with Gasteiger partial charge in [0.1, 0.15) is 16.8 Å². The summed E-state index contributed by atoms with van der Waals surface area (Å²) in [5, 5.41) is 14.3. The third-order valence-electron chi connectivity index (χ3n) is 3.78. The average Bonchev–Trinajstić information content (AvgIpc) is 2.56. The van der Waals surface area contributed by atoms with Crippen LogP contribution in [-0.4, -0.2) is 10.8 Å². The summed E-state index contributed by atoms with van der Waals surface area (Å²) < 4.78 is 5.13. The summed E-state index contributed by atoms with van der Waals surface area (Å²) in [7, 11) is 0. The average molecular weight is 338 g/mol. The van der Waals surface area contributed by atoms with Crippen molar-refractivity contribution in [1.29, 1.82) is 0 Å². The summed E-state index contributed by atoms with van der Waals surface area (Å²) in [6.07, 6.45) is 0. The van der Waals surface area contributed by atoms with Crippen molar-refractivity contribution < 1.29 is 14.1 Å². The van der Waals surface area contributed by atoms with E-state index in [4.69, 9.17) is 4.42 Å². The molecule has 126 valence electrons. The fourth-order valence-corrected chi connectivity index (χ4v) is 2.65. The molecule has 1 amide bonds. The highest BCUT2D eigenvalue weighted by molar-refractivity contribution is 6.06. The Hall–Kier alpha value is -3.48. The van der Waals surface area contributed by atoms with Gasteiger partial charge in [-0.2, -0.15) is 0 Å². The summed E-state index contributed by atoms with van der Waals surface area (Å²) >= 11 is 0. The van der Waals surface area contributed by atoms with Crippen molar-refractivity contribution in [1.82, 2.24) is 0 Å². The Kier molecular flexibility index (Phi) is 4.06. The Labute approximate surface area is 142 Å². The number of amides is 1. The summed E-state index contributed by atoms with van der Waals surface area (Å²) in [6, 6.07) is 11.3. The number of hydrogen-bond donors (Lipinski definition) is 1. The maximum absolute atomic E-state index is 12.5. The third kappa shape index (κ3) is 3.12.